The van der Waals surface area contributed by atoms with Crippen molar-refractivity contribution in [2.45, 2.75) is 6.42 Å². The van der Waals surface area contributed by atoms with Crippen LogP contribution in [0.15, 0.2) is 0 Å². The Bertz CT molecular complexity index is 76.9. The SMILES string of the molecule is O=[P+]([O-])OCCCS. The topological polar surface area (TPSA) is 49.4 Å². The summed E-state index contributed by atoms with van der Waals surface area (Å²) in [6.07, 6.45) is 0.673. The van der Waals surface area contributed by atoms with Crippen molar-refractivity contribution in [2.24, 2.45) is 0 Å². The Hall–Kier alpha value is 0.370. The van der Waals surface area contributed by atoms with Gasteiger partial charge in [0.1, 0.15) is 6.61 Å². The number of hydrogen-bond donors (Lipinski definition) is 1. The van der Waals surface area contributed by atoms with Crippen molar-refractivity contribution < 1.29 is 14.0 Å². The molecular weight excluding hydrogens is 147 g/mol. The van der Waals surface area contributed by atoms with E-state index in [1.807, 2.05) is 0 Å². The summed E-state index contributed by atoms with van der Waals surface area (Å²) < 4.78 is 13.9. The first kappa shape index (κ1) is 8.37. The lowest BCUT2D eigenvalue weighted by atomic mass is 10.5. The number of thiol groups is 1. The van der Waals surface area contributed by atoms with Crippen molar-refractivity contribution in [1.82, 2.24) is 0 Å². The smallest absolute Gasteiger partial charge is 0.488 e. The molecule has 0 aliphatic heterocycles. The van der Waals surface area contributed by atoms with E-state index in [1.54, 1.807) is 0 Å². The Kier molecular flexibility index (Phi) is 5.76. The summed E-state index contributed by atoms with van der Waals surface area (Å²) >= 11 is 3.85. The van der Waals surface area contributed by atoms with Crippen molar-refractivity contribution in [2.75, 3.05) is 12.4 Å². The predicted molar refractivity (Wildman–Crippen MR) is 32.0 cm³/mol. The van der Waals surface area contributed by atoms with Crippen LogP contribution >= 0.6 is 20.9 Å². The maximum Gasteiger partial charge on any atom is 0.488 e. The molecule has 0 aliphatic carbocycles. The zero-order valence-corrected chi connectivity index (χ0v) is 6.03. The maximum absolute atomic E-state index is 9.66. The highest BCUT2D eigenvalue weighted by molar-refractivity contribution is 7.80. The normalized spacial score (nSPS) is 11.5. The van der Waals surface area contributed by atoms with E-state index in [1.165, 1.54) is 0 Å². The first-order valence-corrected chi connectivity index (χ1v) is 3.88. The van der Waals surface area contributed by atoms with Crippen molar-refractivity contribution >= 4 is 20.9 Å². The minimum Gasteiger partial charge on any atom is -0.566 e. The molecule has 0 spiro atoms. The van der Waals surface area contributed by atoms with Gasteiger partial charge in [-0.2, -0.15) is 12.6 Å². The Morgan fingerprint density at radius 2 is 2.38 bits per heavy atom. The molecule has 5 heteroatoms. The monoisotopic (exact) mass is 154 g/mol. The van der Waals surface area contributed by atoms with Gasteiger partial charge in [-0.25, -0.2) is 0 Å². The molecule has 48 valence electrons. The van der Waals surface area contributed by atoms with Gasteiger partial charge in [0.15, 0.2) is 0 Å². The van der Waals surface area contributed by atoms with Crippen LogP contribution < -0.4 is 4.89 Å². The molecule has 0 aliphatic rings. The summed E-state index contributed by atoms with van der Waals surface area (Å²) in [6.45, 7) is 0.252. The average molecular weight is 154 g/mol. The van der Waals surface area contributed by atoms with E-state index in [2.05, 4.69) is 17.2 Å². The van der Waals surface area contributed by atoms with Crippen LogP contribution in [0, 0.1) is 0 Å². The van der Waals surface area contributed by atoms with Gasteiger partial charge in [-0.15, -0.1) is 4.52 Å². The molecule has 3 nitrogen and oxygen atoms in total. The molecule has 0 saturated carbocycles. The highest BCUT2D eigenvalue weighted by Crippen LogP contribution is 2.08. The molecule has 1 atom stereocenters. The largest absolute Gasteiger partial charge is 0.566 e. The summed E-state index contributed by atoms with van der Waals surface area (Å²) in [6, 6.07) is 0. The number of hydrogen-bond acceptors (Lipinski definition) is 4. The Labute approximate surface area is 54.4 Å². The quantitative estimate of drug-likeness (QED) is 0.361. The second kappa shape index (κ2) is 5.51. The summed E-state index contributed by atoms with van der Waals surface area (Å²) in [5.41, 5.74) is 0. The van der Waals surface area contributed by atoms with Crippen LogP contribution in [0.1, 0.15) is 6.42 Å². The van der Waals surface area contributed by atoms with Gasteiger partial charge in [0.05, 0.1) is 0 Å². The third-order valence-corrected chi connectivity index (χ3v) is 1.21. The molecule has 0 saturated heterocycles. The molecule has 8 heavy (non-hydrogen) atoms. The van der Waals surface area contributed by atoms with Gasteiger partial charge < -0.3 is 4.89 Å². The van der Waals surface area contributed by atoms with Gasteiger partial charge in [0.2, 0.25) is 0 Å². The fourth-order valence-corrected chi connectivity index (χ4v) is 0.611. The Balaban J connectivity index is 2.82. The summed E-state index contributed by atoms with van der Waals surface area (Å²) in [4.78, 5) is 9.66. The van der Waals surface area contributed by atoms with E-state index in [-0.39, 0.29) is 6.61 Å². The molecule has 0 radical (unpaired) electrons. The second-order valence-corrected chi connectivity index (χ2v) is 2.29. The van der Waals surface area contributed by atoms with E-state index < -0.39 is 8.25 Å². The van der Waals surface area contributed by atoms with Gasteiger partial charge in [-0.3, -0.25) is 0 Å². The summed E-state index contributed by atoms with van der Waals surface area (Å²) in [7, 11) is -2.65. The lowest BCUT2D eigenvalue weighted by molar-refractivity contribution is -0.185. The molecule has 1 unspecified atom stereocenters. The molecule has 0 heterocycles. The maximum atomic E-state index is 9.66. The third-order valence-electron chi connectivity index (χ3n) is 0.499. The Morgan fingerprint density at radius 1 is 1.75 bits per heavy atom. The van der Waals surface area contributed by atoms with Crippen LogP contribution in [0.2, 0.25) is 0 Å². The first-order valence-electron chi connectivity index (χ1n) is 2.15. The lowest BCUT2D eigenvalue weighted by Gasteiger charge is -1.87. The van der Waals surface area contributed by atoms with E-state index in [0.717, 1.165) is 0 Å². The van der Waals surface area contributed by atoms with Crippen LogP contribution in [0.25, 0.3) is 0 Å². The zero-order chi connectivity index (χ0) is 6.41. The lowest BCUT2D eigenvalue weighted by Crippen LogP contribution is -1.93. The second-order valence-electron chi connectivity index (χ2n) is 1.13. The van der Waals surface area contributed by atoms with Gasteiger partial charge in [0.25, 0.3) is 0 Å². The molecule has 0 aromatic rings. The minimum atomic E-state index is -2.65. The van der Waals surface area contributed by atoms with Crippen molar-refractivity contribution in [1.29, 1.82) is 0 Å². The van der Waals surface area contributed by atoms with Crippen LogP contribution in [-0.2, 0) is 9.09 Å². The van der Waals surface area contributed by atoms with Crippen molar-refractivity contribution in [3.8, 4) is 0 Å². The highest BCUT2D eigenvalue weighted by Gasteiger charge is 1.97. The molecule has 0 rings (SSSR count). The van der Waals surface area contributed by atoms with Crippen LogP contribution in [0.5, 0.6) is 0 Å². The number of rotatable bonds is 4. The van der Waals surface area contributed by atoms with Gasteiger partial charge in [-0.1, -0.05) is 0 Å². The molecule has 0 bridgehead atoms. The first-order chi connectivity index (χ1) is 3.77. The third kappa shape index (κ3) is 6.37. The summed E-state index contributed by atoms with van der Waals surface area (Å²) in [5, 5.41) is 0. The highest BCUT2D eigenvalue weighted by atomic mass is 32.1. The standard InChI is InChI=1S/C3H7O3PS/c4-7(5)6-2-1-3-8/h8H,1-3H2. The van der Waals surface area contributed by atoms with E-state index >= 15 is 0 Å². The molecule has 0 aromatic heterocycles. The van der Waals surface area contributed by atoms with Crippen molar-refractivity contribution in [3.63, 3.8) is 0 Å². The molecule has 0 fully saturated rings. The van der Waals surface area contributed by atoms with Gasteiger partial charge in [-0.05, 0) is 16.7 Å². The zero-order valence-electron chi connectivity index (χ0n) is 4.24. The van der Waals surface area contributed by atoms with E-state index in [4.69, 9.17) is 0 Å². The van der Waals surface area contributed by atoms with Crippen LogP contribution in [0.4, 0.5) is 0 Å². The predicted octanol–water partition coefficient (Wildman–Crippen LogP) is 0.341. The van der Waals surface area contributed by atoms with Crippen LogP contribution in [0.3, 0.4) is 0 Å². The molecule has 0 N–H and O–H groups in total. The summed E-state index contributed by atoms with van der Waals surface area (Å²) in [5.74, 6) is 0.656. The van der Waals surface area contributed by atoms with E-state index in [0.29, 0.717) is 12.2 Å². The fraction of sp³-hybridized carbons (Fsp3) is 1.00. The van der Waals surface area contributed by atoms with Gasteiger partial charge >= 0.3 is 8.25 Å². The fourth-order valence-electron chi connectivity index (χ4n) is 0.204. The molecule has 0 aromatic carbocycles. The average Bonchev–Trinajstić information content (AvgIpc) is 1.66. The van der Waals surface area contributed by atoms with E-state index in [9.17, 15) is 9.46 Å². The molecule has 0 amide bonds. The Morgan fingerprint density at radius 3 is 2.75 bits per heavy atom. The van der Waals surface area contributed by atoms with Gasteiger partial charge in [0, 0.05) is 0 Å². The minimum absolute atomic E-state index is 0.252. The van der Waals surface area contributed by atoms with Crippen molar-refractivity contribution in [3.05, 3.63) is 0 Å². The molecular formula is C3H7O3PS. The van der Waals surface area contributed by atoms with Crippen LogP contribution in [-0.4, -0.2) is 12.4 Å².